The summed E-state index contributed by atoms with van der Waals surface area (Å²) in [6.45, 7) is 0. The molecule has 0 spiro atoms. The van der Waals surface area contributed by atoms with Crippen molar-refractivity contribution in [2.75, 3.05) is 5.73 Å². The highest BCUT2D eigenvalue weighted by Gasteiger charge is 2.07. The fourth-order valence-electron chi connectivity index (χ4n) is 1.24. The zero-order valence-electron chi connectivity index (χ0n) is 8.97. The van der Waals surface area contributed by atoms with Crippen molar-refractivity contribution < 1.29 is 0 Å². The van der Waals surface area contributed by atoms with E-state index in [1.54, 1.807) is 25.2 Å². The minimum absolute atomic E-state index is 0.269. The summed E-state index contributed by atoms with van der Waals surface area (Å²) in [6, 6.07) is 7.08. The van der Waals surface area contributed by atoms with Crippen LogP contribution in [0.5, 0.6) is 0 Å². The van der Waals surface area contributed by atoms with Crippen LogP contribution in [0.3, 0.4) is 0 Å². The van der Waals surface area contributed by atoms with Gasteiger partial charge in [-0.05, 0) is 30.0 Å². The molecule has 6 nitrogen and oxygen atoms in total. The Morgan fingerprint density at radius 2 is 2.35 bits per heavy atom. The van der Waals surface area contributed by atoms with Crippen LogP contribution < -0.4 is 11.4 Å². The van der Waals surface area contributed by atoms with Crippen LogP contribution in [0.4, 0.5) is 5.69 Å². The first-order valence-electron chi connectivity index (χ1n) is 4.70. The maximum atomic E-state index is 11.2. The van der Waals surface area contributed by atoms with Gasteiger partial charge in [-0.2, -0.15) is 5.26 Å². The van der Waals surface area contributed by atoms with Crippen LogP contribution in [0.2, 0.25) is 0 Å². The summed E-state index contributed by atoms with van der Waals surface area (Å²) < 4.78 is 1.40. The van der Waals surface area contributed by atoms with Gasteiger partial charge in [0.2, 0.25) is 0 Å². The molecular weight excluding hydrogens is 238 g/mol. The molecule has 0 unspecified atom stereocenters. The topological polar surface area (TPSA) is 100 Å². The number of aromatic nitrogens is 3. The lowest BCUT2D eigenvalue weighted by atomic mass is 10.2. The third kappa shape index (κ3) is 2.16. The molecule has 1 aromatic carbocycles. The summed E-state index contributed by atoms with van der Waals surface area (Å²) in [5.74, 6) is 0. The van der Waals surface area contributed by atoms with Gasteiger partial charge in [-0.1, -0.05) is 0 Å². The smallest absolute Gasteiger partial charge is 0.343 e. The van der Waals surface area contributed by atoms with Crippen LogP contribution in [-0.2, 0) is 7.05 Å². The summed E-state index contributed by atoms with van der Waals surface area (Å²) in [7, 11) is 1.63. The molecule has 0 saturated heterocycles. The van der Waals surface area contributed by atoms with Gasteiger partial charge >= 0.3 is 5.69 Å². The van der Waals surface area contributed by atoms with E-state index in [-0.39, 0.29) is 5.69 Å². The number of nitrogens with zero attached hydrogens (tertiary/aromatic N) is 3. The van der Waals surface area contributed by atoms with Crippen LogP contribution in [0.25, 0.3) is 0 Å². The minimum atomic E-state index is -0.269. The predicted molar refractivity (Wildman–Crippen MR) is 63.5 cm³/mol. The molecule has 0 amide bonds. The van der Waals surface area contributed by atoms with Gasteiger partial charge < -0.3 is 5.73 Å². The fraction of sp³-hybridized carbons (Fsp3) is 0.100. The number of nitrogen functional groups attached to an aromatic ring is 1. The molecule has 0 aliphatic heterocycles. The zero-order chi connectivity index (χ0) is 12.4. The molecule has 0 atom stereocenters. The van der Waals surface area contributed by atoms with Crippen molar-refractivity contribution in [3.05, 3.63) is 34.2 Å². The van der Waals surface area contributed by atoms with Gasteiger partial charge in [-0.25, -0.2) is 9.89 Å². The first-order chi connectivity index (χ1) is 8.11. The number of benzene rings is 1. The number of hydrogen-bond acceptors (Lipinski definition) is 5. The Morgan fingerprint density at radius 1 is 1.59 bits per heavy atom. The van der Waals surface area contributed by atoms with Crippen LogP contribution in [0.15, 0.2) is 33.0 Å². The maximum Gasteiger partial charge on any atom is 0.343 e. The quantitative estimate of drug-likeness (QED) is 0.761. The lowest BCUT2D eigenvalue weighted by molar-refractivity contribution is 0.766. The minimum Gasteiger partial charge on any atom is -0.398 e. The summed E-state index contributed by atoms with van der Waals surface area (Å²) in [6.07, 6.45) is 0. The third-order valence-electron chi connectivity index (χ3n) is 2.19. The van der Waals surface area contributed by atoms with E-state index in [1.807, 2.05) is 6.07 Å². The Bertz CT molecular complexity index is 651. The van der Waals surface area contributed by atoms with Gasteiger partial charge in [0.1, 0.15) is 6.07 Å². The molecule has 3 N–H and O–H groups in total. The number of hydrogen-bond donors (Lipinski definition) is 2. The molecule has 0 fully saturated rings. The van der Waals surface area contributed by atoms with Gasteiger partial charge in [0.05, 0.1) is 11.3 Å². The van der Waals surface area contributed by atoms with Gasteiger partial charge in [-0.15, -0.1) is 5.10 Å². The number of H-pyrrole nitrogens is 1. The monoisotopic (exact) mass is 247 g/mol. The number of aromatic amines is 1. The molecule has 0 radical (unpaired) electrons. The van der Waals surface area contributed by atoms with Gasteiger partial charge in [0.15, 0.2) is 5.16 Å². The summed E-state index contributed by atoms with van der Waals surface area (Å²) in [4.78, 5) is 12.0. The average Bonchev–Trinajstić information content (AvgIpc) is 2.61. The van der Waals surface area contributed by atoms with Crippen molar-refractivity contribution >= 4 is 17.4 Å². The Balaban J connectivity index is 2.32. The largest absolute Gasteiger partial charge is 0.398 e. The highest BCUT2D eigenvalue weighted by atomic mass is 32.2. The second kappa shape index (κ2) is 4.35. The Morgan fingerprint density at radius 3 is 2.88 bits per heavy atom. The van der Waals surface area contributed by atoms with Crippen molar-refractivity contribution in [1.82, 2.24) is 14.8 Å². The van der Waals surface area contributed by atoms with E-state index >= 15 is 0 Å². The van der Waals surface area contributed by atoms with Crippen LogP contribution in [0.1, 0.15) is 5.56 Å². The predicted octanol–water partition coefficient (Wildman–Crippen LogP) is 0.713. The maximum absolute atomic E-state index is 11.2. The van der Waals surface area contributed by atoms with Crippen molar-refractivity contribution in [1.29, 1.82) is 5.26 Å². The number of nitrogens with one attached hydrogen (secondary N) is 1. The number of rotatable bonds is 2. The average molecular weight is 247 g/mol. The standard InChI is InChI=1S/C10H9N5OS/c1-15-9(16)13-14-10(15)17-7-3-2-6(5-11)8(12)4-7/h2-4H,12H2,1H3,(H,13,16). The lowest BCUT2D eigenvalue weighted by Gasteiger charge is -2.02. The molecule has 2 aromatic rings. The van der Waals surface area contributed by atoms with Crippen LogP contribution >= 0.6 is 11.8 Å². The molecule has 0 aliphatic carbocycles. The van der Waals surface area contributed by atoms with E-state index in [9.17, 15) is 4.79 Å². The van der Waals surface area contributed by atoms with Crippen molar-refractivity contribution in [3.8, 4) is 6.07 Å². The number of nitrogens with two attached hydrogens (primary N) is 1. The Kier molecular flexibility index (Phi) is 2.89. The first kappa shape index (κ1) is 11.3. The summed E-state index contributed by atoms with van der Waals surface area (Å²) in [5.41, 5.74) is 6.28. The van der Waals surface area contributed by atoms with Crippen molar-refractivity contribution in [2.24, 2.45) is 7.05 Å². The van der Waals surface area contributed by atoms with E-state index in [0.717, 1.165) is 4.90 Å². The molecule has 86 valence electrons. The van der Waals surface area contributed by atoms with E-state index in [1.165, 1.54) is 16.3 Å². The Labute approximate surface area is 101 Å². The van der Waals surface area contributed by atoms with E-state index in [0.29, 0.717) is 16.4 Å². The molecule has 7 heteroatoms. The SMILES string of the molecule is Cn1c(Sc2ccc(C#N)c(N)c2)n[nH]c1=O. The molecule has 1 aromatic heterocycles. The van der Waals surface area contributed by atoms with Gasteiger partial charge in [-0.3, -0.25) is 4.57 Å². The van der Waals surface area contributed by atoms with Gasteiger partial charge in [0.25, 0.3) is 0 Å². The molecule has 0 bridgehead atoms. The molecule has 2 rings (SSSR count). The highest BCUT2D eigenvalue weighted by Crippen LogP contribution is 2.27. The molecule has 0 saturated carbocycles. The Hall–Kier alpha value is -2.20. The zero-order valence-corrected chi connectivity index (χ0v) is 9.78. The third-order valence-corrected chi connectivity index (χ3v) is 3.23. The van der Waals surface area contributed by atoms with Gasteiger partial charge in [0, 0.05) is 11.9 Å². The van der Waals surface area contributed by atoms with Crippen LogP contribution in [-0.4, -0.2) is 14.8 Å². The lowest BCUT2D eigenvalue weighted by Crippen LogP contribution is -2.12. The normalized spacial score (nSPS) is 10.1. The van der Waals surface area contributed by atoms with Crippen molar-refractivity contribution in [2.45, 2.75) is 10.1 Å². The molecule has 0 aliphatic rings. The highest BCUT2D eigenvalue weighted by molar-refractivity contribution is 7.99. The summed E-state index contributed by atoms with van der Waals surface area (Å²) in [5, 5.41) is 15.5. The van der Waals surface area contributed by atoms with Crippen molar-refractivity contribution in [3.63, 3.8) is 0 Å². The summed E-state index contributed by atoms with van der Waals surface area (Å²) >= 11 is 1.30. The number of nitriles is 1. The van der Waals surface area contributed by atoms with E-state index in [2.05, 4.69) is 10.2 Å². The molecular formula is C10H9N5OS. The van der Waals surface area contributed by atoms with E-state index in [4.69, 9.17) is 11.0 Å². The van der Waals surface area contributed by atoms with E-state index < -0.39 is 0 Å². The number of anilines is 1. The second-order valence-corrected chi connectivity index (χ2v) is 4.37. The first-order valence-corrected chi connectivity index (χ1v) is 5.52. The molecule has 1 heterocycles. The van der Waals surface area contributed by atoms with Crippen LogP contribution in [0, 0.1) is 11.3 Å². The second-order valence-electron chi connectivity index (χ2n) is 3.33. The fourth-order valence-corrected chi connectivity index (χ4v) is 2.08. The molecule has 17 heavy (non-hydrogen) atoms.